The van der Waals surface area contributed by atoms with Gasteiger partial charge < -0.3 is 10.1 Å². The van der Waals surface area contributed by atoms with E-state index in [0.29, 0.717) is 23.0 Å². The van der Waals surface area contributed by atoms with Gasteiger partial charge in [-0.1, -0.05) is 11.8 Å². The van der Waals surface area contributed by atoms with Crippen LogP contribution in [0.5, 0.6) is 0 Å². The Kier molecular flexibility index (Phi) is 6.03. The summed E-state index contributed by atoms with van der Waals surface area (Å²) >= 11 is 3.10. The molecule has 3 heterocycles. The molecule has 1 aliphatic rings. The quantitative estimate of drug-likeness (QED) is 0.321. The zero-order valence-corrected chi connectivity index (χ0v) is 20.0. The molecule has 1 aliphatic carbocycles. The Bertz CT molecular complexity index is 1360. The number of benzene rings is 1. The third kappa shape index (κ3) is 4.20. The summed E-state index contributed by atoms with van der Waals surface area (Å²) in [5.41, 5.74) is 3.26. The Morgan fingerprint density at radius 2 is 1.97 bits per heavy atom. The summed E-state index contributed by atoms with van der Waals surface area (Å²) in [6.45, 7) is 4.03. The van der Waals surface area contributed by atoms with Crippen LogP contribution < -0.4 is 5.32 Å². The largest absolute Gasteiger partial charge is 0.462 e. The zero-order chi connectivity index (χ0) is 22.9. The van der Waals surface area contributed by atoms with E-state index in [1.807, 2.05) is 11.3 Å². The second-order valence-electron chi connectivity index (χ2n) is 7.83. The van der Waals surface area contributed by atoms with E-state index in [0.717, 1.165) is 34.5 Å². The fraction of sp³-hybridized carbons (Fsp3) is 0.348. The van der Waals surface area contributed by atoms with Gasteiger partial charge in [-0.2, -0.15) is 0 Å². The molecule has 0 saturated heterocycles. The van der Waals surface area contributed by atoms with Crippen LogP contribution in [0.1, 0.15) is 46.4 Å². The number of thiophene rings is 1. The van der Waals surface area contributed by atoms with E-state index in [9.17, 15) is 9.59 Å². The van der Waals surface area contributed by atoms with Gasteiger partial charge >= 0.3 is 5.97 Å². The van der Waals surface area contributed by atoms with Crippen LogP contribution in [0, 0.1) is 6.92 Å². The molecule has 0 atom stereocenters. The van der Waals surface area contributed by atoms with Gasteiger partial charge in [0, 0.05) is 10.6 Å². The smallest absolute Gasteiger partial charge is 0.338 e. The SMILES string of the molecule is CCOC(=O)c1ccc(NC(=O)CSc2nnc3c4c5c(sc4nc(C)n23)CCCC5)cc1. The van der Waals surface area contributed by atoms with Gasteiger partial charge in [0.15, 0.2) is 10.8 Å². The lowest BCUT2D eigenvalue weighted by atomic mass is 9.97. The van der Waals surface area contributed by atoms with Crippen LogP contribution in [0.4, 0.5) is 5.69 Å². The van der Waals surface area contributed by atoms with Crippen molar-refractivity contribution in [2.24, 2.45) is 0 Å². The minimum absolute atomic E-state index is 0.166. The minimum Gasteiger partial charge on any atom is -0.462 e. The van der Waals surface area contributed by atoms with Gasteiger partial charge in [0.1, 0.15) is 10.7 Å². The summed E-state index contributed by atoms with van der Waals surface area (Å²) in [6.07, 6.45) is 4.58. The fourth-order valence-electron chi connectivity index (χ4n) is 4.11. The lowest BCUT2D eigenvalue weighted by molar-refractivity contribution is -0.113. The number of carbonyl (C=O) groups excluding carboxylic acids is 2. The van der Waals surface area contributed by atoms with E-state index < -0.39 is 0 Å². The molecule has 0 unspecified atom stereocenters. The molecule has 8 nitrogen and oxygen atoms in total. The van der Waals surface area contributed by atoms with Crippen molar-refractivity contribution in [2.75, 3.05) is 17.7 Å². The lowest BCUT2D eigenvalue weighted by Gasteiger charge is -2.10. The highest BCUT2D eigenvalue weighted by molar-refractivity contribution is 7.99. The maximum absolute atomic E-state index is 12.5. The molecule has 5 rings (SSSR count). The van der Waals surface area contributed by atoms with Crippen LogP contribution in [-0.4, -0.2) is 43.8 Å². The summed E-state index contributed by atoms with van der Waals surface area (Å²) in [5.74, 6) is 0.452. The van der Waals surface area contributed by atoms with Crippen molar-refractivity contribution in [2.45, 2.75) is 44.7 Å². The highest BCUT2D eigenvalue weighted by atomic mass is 32.2. The first-order valence-corrected chi connectivity index (χ1v) is 12.7. The molecule has 1 N–H and O–H groups in total. The van der Waals surface area contributed by atoms with Gasteiger partial charge in [0.2, 0.25) is 5.91 Å². The maximum Gasteiger partial charge on any atom is 0.338 e. The molecule has 170 valence electrons. The van der Waals surface area contributed by atoms with Gasteiger partial charge in [0.05, 0.1) is 23.3 Å². The van der Waals surface area contributed by atoms with Crippen molar-refractivity contribution in [1.82, 2.24) is 19.6 Å². The third-order valence-corrected chi connectivity index (χ3v) is 7.72. The van der Waals surface area contributed by atoms with Crippen LogP contribution in [0.25, 0.3) is 15.9 Å². The molecule has 0 spiro atoms. The van der Waals surface area contributed by atoms with E-state index in [4.69, 9.17) is 9.72 Å². The number of aryl methyl sites for hydroxylation is 3. The Morgan fingerprint density at radius 1 is 1.18 bits per heavy atom. The van der Waals surface area contributed by atoms with Crippen LogP contribution in [0.2, 0.25) is 0 Å². The molecule has 10 heteroatoms. The molecule has 0 aliphatic heterocycles. The number of aromatic nitrogens is 4. The number of hydrogen-bond donors (Lipinski definition) is 1. The number of thioether (sulfide) groups is 1. The number of fused-ring (bicyclic) bond motifs is 5. The van der Waals surface area contributed by atoms with Gasteiger partial charge in [-0.25, -0.2) is 9.78 Å². The number of nitrogens with one attached hydrogen (secondary N) is 1. The predicted molar refractivity (Wildman–Crippen MR) is 129 cm³/mol. The summed E-state index contributed by atoms with van der Waals surface area (Å²) in [7, 11) is 0. The van der Waals surface area contributed by atoms with Crippen LogP contribution >= 0.6 is 23.1 Å². The number of carbonyl (C=O) groups is 2. The standard InChI is InChI=1S/C23H23N5O3S2/c1-3-31-22(30)14-8-10-15(11-9-14)25-18(29)12-32-23-27-26-20-19-16-6-4-5-7-17(16)33-21(19)24-13(2)28(20)23/h8-11H,3-7,12H2,1-2H3,(H,25,29). The molecular weight excluding hydrogens is 458 g/mol. The molecule has 1 amide bonds. The summed E-state index contributed by atoms with van der Waals surface area (Å²) < 4.78 is 6.93. The normalized spacial score (nSPS) is 13.3. The first-order valence-electron chi connectivity index (χ1n) is 10.9. The van der Waals surface area contributed by atoms with Gasteiger partial charge in [0.25, 0.3) is 0 Å². The molecule has 0 radical (unpaired) electrons. The van der Waals surface area contributed by atoms with Crippen molar-refractivity contribution >= 4 is 56.5 Å². The molecule has 3 aromatic heterocycles. The first-order chi connectivity index (χ1) is 16.0. The molecule has 0 saturated carbocycles. The van der Waals surface area contributed by atoms with Gasteiger partial charge in [-0.15, -0.1) is 21.5 Å². The number of esters is 1. The topological polar surface area (TPSA) is 98.5 Å². The molecule has 0 bridgehead atoms. The molecule has 0 fully saturated rings. The number of nitrogens with zero attached hydrogens (tertiary/aromatic N) is 4. The van der Waals surface area contributed by atoms with Gasteiger partial charge in [-0.3, -0.25) is 9.20 Å². The molecular formula is C23H23N5O3S2. The second kappa shape index (κ2) is 9.11. The van der Waals surface area contributed by atoms with E-state index >= 15 is 0 Å². The summed E-state index contributed by atoms with van der Waals surface area (Å²) in [5, 5.41) is 13.5. The van der Waals surface area contributed by atoms with Crippen molar-refractivity contribution < 1.29 is 14.3 Å². The van der Waals surface area contributed by atoms with E-state index in [1.165, 1.54) is 35.0 Å². The number of hydrogen-bond acceptors (Lipinski definition) is 8. The van der Waals surface area contributed by atoms with Crippen molar-refractivity contribution in [3.8, 4) is 0 Å². The van der Waals surface area contributed by atoms with E-state index in [2.05, 4.69) is 15.5 Å². The average Bonchev–Trinajstić information content (AvgIpc) is 3.39. The van der Waals surface area contributed by atoms with Gasteiger partial charge in [-0.05, 0) is 69.4 Å². The lowest BCUT2D eigenvalue weighted by Crippen LogP contribution is -2.14. The fourth-order valence-corrected chi connectivity index (χ4v) is 6.19. The Morgan fingerprint density at radius 3 is 2.76 bits per heavy atom. The number of anilines is 1. The highest BCUT2D eigenvalue weighted by Crippen LogP contribution is 2.38. The maximum atomic E-state index is 12.5. The van der Waals surface area contributed by atoms with E-state index in [-0.39, 0.29) is 17.6 Å². The molecule has 4 aromatic rings. The Hall–Kier alpha value is -2.98. The zero-order valence-electron chi connectivity index (χ0n) is 18.4. The highest BCUT2D eigenvalue weighted by Gasteiger charge is 2.22. The van der Waals surface area contributed by atoms with Crippen LogP contribution in [0.15, 0.2) is 29.4 Å². The summed E-state index contributed by atoms with van der Waals surface area (Å²) in [4.78, 5) is 31.5. The minimum atomic E-state index is -0.380. The third-order valence-electron chi connectivity index (χ3n) is 5.61. The molecule has 1 aromatic carbocycles. The second-order valence-corrected chi connectivity index (χ2v) is 9.85. The van der Waals surface area contributed by atoms with Crippen LogP contribution in [0.3, 0.4) is 0 Å². The first kappa shape index (κ1) is 21.8. The van der Waals surface area contributed by atoms with Crippen molar-refractivity contribution in [3.63, 3.8) is 0 Å². The van der Waals surface area contributed by atoms with Crippen molar-refractivity contribution in [3.05, 3.63) is 46.1 Å². The predicted octanol–water partition coefficient (Wildman–Crippen LogP) is 4.43. The number of rotatable bonds is 6. The monoisotopic (exact) mass is 481 g/mol. The van der Waals surface area contributed by atoms with Crippen LogP contribution in [-0.2, 0) is 22.4 Å². The summed E-state index contributed by atoms with van der Waals surface area (Å²) in [6, 6.07) is 6.64. The average molecular weight is 482 g/mol. The number of amides is 1. The number of ether oxygens (including phenoxy) is 1. The molecule has 33 heavy (non-hydrogen) atoms. The Balaban J connectivity index is 1.31. The Labute approximate surface area is 198 Å². The van der Waals surface area contributed by atoms with E-state index in [1.54, 1.807) is 42.5 Å². The van der Waals surface area contributed by atoms with Crippen molar-refractivity contribution in [1.29, 1.82) is 0 Å².